The fraction of sp³-hybridized carbons (Fsp3) is 0.333. The first kappa shape index (κ1) is 11.9. The number of halogens is 1. The summed E-state index contributed by atoms with van der Waals surface area (Å²) in [7, 11) is 0. The third-order valence-electron chi connectivity index (χ3n) is 2.98. The molecule has 1 aromatic carbocycles. The Kier molecular flexibility index (Phi) is 3.30. The molecule has 2 aromatic rings. The van der Waals surface area contributed by atoms with Gasteiger partial charge in [-0.15, -0.1) is 12.4 Å². The highest BCUT2D eigenvalue weighted by atomic mass is 35.5. The highest BCUT2D eigenvalue weighted by molar-refractivity contribution is 5.87. The molecular weight excluding hydrogens is 208 g/mol. The fourth-order valence-corrected chi connectivity index (χ4v) is 2.07. The second-order valence-corrected chi connectivity index (χ2v) is 3.73. The molecule has 0 bridgehead atoms. The van der Waals surface area contributed by atoms with Gasteiger partial charge in [0, 0.05) is 28.8 Å². The van der Waals surface area contributed by atoms with Crippen molar-refractivity contribution in [1.82, 2.24) is 4.57 Å². The molecule has 0 radical (unpaired) electrons. The van der Waals surface area contributed by atoms with Crippen molar-refractivity contribution in [2.45, 2.75) is 27.3 Å². The van der Waals surface area contributed by atoms with Gasteiger partial charge in [-0.2, -0.15) is 0 Å². The Balaban J connectivity index is 0.00000112. The van der Waals surface area contributed by atoms with Gasteiger partial charge in [0.15, 0.2) is 0 Å². The molecule has 0 aliphatic carbocycles. The molecule has 1 heterocycles. The molecule has 2 N–H and O–H groups in total. The first-order valence-electron chi connectivity index (χ1n) is 5.00. The summed E-state index contributed by atoms with van der Waals surface area (Å²) in [6.07, 6.45) is 0. The van der Waals surface area contributed by atoms with Crippen LogP contribution in [-0.4, -0.2) is 4.57 Å². The molecule has 0 aliphatic heterocycles. The molecule has 0 aliphatic rings. The molecule has 0 amide bonds. The third-order valence-corrected chi connectivity index (χ3v) is 2.98. The number of aromatic nitrogens is 1. The number of rotatable bonds is 1. The number of nitrogens with zero attached hydrogens (tertiary/aromatic N) is 1. The average molecular weight is 225 g/mol. The number of fused-ring (bicyclic) bond motifs is 1. The number of aryl methyl sites for hydroxylation is 2. The maximum atomic E-state index is 5.78. The molecule has 0 unspecified atom stereocenters. The maximum absolute atomic E-state index is 5.78. The number of anilines is 1. The van der Waals surface area contributed by atoms with Crippen LogP contribution in [0.15, 0.2) is 18.2 Å². The van der Waals surface area contributed by atoms with Gasteiger partial charge in [0.05, 0.1) is 0 Å². The van der Waals surface area contributed by atoms with E-state index in [1.165, 1.54) is 22.2 Å². The third kappa shape index (κ3) is 1.70. The lowest BCUT2D eigenvalue weighted by molar-refractivity contribution is 0.766. The van der Waals surface area contributed by atoms with Gasteiger partial charge in [-0.3, -0.25) is 0 Å². The van der Waals surface area contributed by atoms with Gasteiger partial charge in [-0.25, -0.2) is 0 Å². The Morgan fingerprint density at radius 3 is 2.53 bits per heavy atom. The highest BCUT2D eigenvalue weighted by Gasteiger charge is 2.08. The minimum atomic E-state index is 0. The van der Waals surface area contributed by atoms with Gasteiger partial charge in [0.1, 0.15) is 0 Å². The van der Waals surface area contributed by atoms with Gasteiger partial charge in [0.2, 0.25) is 0 Å². The minimum absolute atomic E-state index is 0. The van der Waals surface area contributed by atoms with E-state index in [0.717, 1.165) is 12.2 Å². The van der Waals surface area contributed by atoms with E-state index in [-0.39, 0.29) is 12.4 Å². The monoisotopic (exact) mass is 224 g/mol. The molecular formula is C12H17ClN2. The standard InChI is InChI=1S/C12H16N2.ClH/c1-4-14-9(3)8(2)11-7-10(13)5-6-12(11)14;/h5-7H,4,13H2,1-3H3;1H. The van der Waals surface area contributed by atoms with Crippen LogP contribution in [0.2, 0.25) is 0 Å². The van der Waals surface area contributed by atoms with Crippen LogP contribution >= 0.6 is 12.4 Å². The van der Waals surface area contributed by atoms with Gasteiger partial charge in [-0.1, -0.05) is 0 Å². The van der Waals surface area contributed by atoms with Gasteiger partial charge >= 0.3 is 0 Å². The number of hydrogen-bond acceptors (Lipinski definition) is 1. The lowest BCUT2D eigenvalue weighted by Gasteiger charge is -2.03. The second kappa shape index (κ2) is 4.15. The van der Waals surface area contributed by atoms with Crippen LogP contribution in [0.25, 0.3) is 10.9 Å². The zero-order chi connectivity index (χ0) is 10.3. The van der Waals surface area contributed by atoms with Crippen LogP contribution in [0, 0.1) is 13.8 Å². The predicted octanol–water partition coefficient (Wildman–Crippen LogP) is 3.28. The summed E-state index contributed by atoms with van der Waals surface area (Å²) in [4.78, 5) is 0. The van der Waals surface area contributed by atoms with Crippen molar-refractivity contribution in [1.29, 1.82) is 0 Å². The van der Waals surface area contributed by atoms with Crippen LogP contribution < -0.4 is 5.73 Å². The molecule has 2 rings (SSSR count). The summed E-state index contributed by atoms with van der Waals surface area (Å²) in [5.41, 5.74) is 10.6. The van der Waals surface area contributed by atoms with Crippen molar-refractivity contribution in [3.8, 4) is 0 Å². The Morgan fingerprint density at radius 1 is 1.27 bits per heavy atom. The van der Waals surface area contributed by atoms with Crippen molar-refractivity contribution in [3.05, 3.63) is 29.5 Å². The molecule has 0 saturated carbocycles. The van der Waals surface area contributed by atoms with Crippen molar-refractivity contribution >= 4 is 29.0 Å². The Morgan fingerprint density at radius 2 is 1.93 bits per heavy atom. The van der Waals surface area contributed by atoms with E-state index in [1.54, 1.807) is 0 Å². The number of hydrogen-bond donors (Lipinski definition) is 1. The Labute approximate surface area is 96.5 Å². The van der Waals surface area contributed by atoms with Gasteiger partial charge in [0.25, 0.3) is 0 Å². The summed E-state index contributed by atoms with van der Waals surface area (Å²) in [6.45, 7) is 7.50. The topological polar surface area (TPSA) is 30.9 Å². The molecule has 1 aromatic heterocycles. The number of nitrogen functional groups attached to an aromatic ring is 1. The second-order valence-electron chi connectivity index (χ2n) is 3.73. The average Bonchev–Trinajstić information content (AvgIpc) is 2.41. The largest absolute Gasteiger partial charge is 0.399 e. The molecule has 0 fully saturated rings. The SMILES string of the molecule is CCn1c(C)c(C)c2cc(N)ccc21.Cl. The molecule has 0 spiro atoms. The van der Waals surface area contributed by atoms with Crippen molar-refractivity contribution in [2.75, 3.05) is 5.73 Å². The van der Waals surface area contributed by atoms with Crippen LogP contribution in [-0.2, 0) is 6.54 Å². The van der Waals surface area contributed by atoms with E-state index in [1.807, 2.05) is 6.07 Å². The smallest absolute Gasteiger partial charge is 0.0486 e. The van der Waals surface area contributed by atoms with Crippen LogP contribution in [0.5, 0.6) is 0 Å². The summed E-state index contributed by atoms with van der Waals surface area (Å²) >= 11 is 0. The van der Waals surface area contributed by atoms with E-state index >= 15 is 0 Å². The molecule has 2 nitrogen and oxygen atoms in total. The molecule has 0 atom stereocenters. The maximum Gasteiger partial charge on any atom is 0.0486 e. The quantitative estimate of drug-likeness (QED) is 0.741. The predicted molar refractivity (Wildman–Crippen MR) is 68.7 cm³/mol. The van der Waals surface area contributed by atoms with Gasteiger partial charge in [-0.05, 0) is 44.5 Å². The van der Waals surface area contributed by atoms with Crippen LogP contribution in [0.4, 0.5) is 5.69 Å². The first-order chi connectivity index (χ1) is 6.65. The molecule has 82 valence electrons. The number of benzene rings is 1. The Bertz CT molecular complexity index is 486. The fourth-order valence-electron chi connectivity index (χ4n) is 2.07. The molecule has 0 saturated heterocycles. The van der Waals surface area contributed by atoms with Crippen molar-refractivity contribution in [2.24, 2.45) is 0 Å². The molecule has 15 heavy (non-hydrogen) atoms. The summed E-state index contributed by atoms with van der Waals surface area (Å²) in [6, 6.07) is 6.13. The van der Waals surface area contributed by atoms with E-state index in [2.05, 4.69) is 37.5 Å². The lowest BCUT2D eigenvalue weighted by Crippen LogP contribution is -1.96. The zero-order valence-corrected chi connectivity index (χ0v) is 10.2. The van der Waals surface area contributed by atoms with Crippen molar-refractivity contribution < 1.29 is 0 Å². The molecule has 3 heteroatoms. The van der Waals surface area contributed by atoms with Gasteiger partial charge < -0.3 is 10.3 Å². The zero-order valence-electron chi connectivity index (χ0n) is 9.37. The van der Waals surface area contributed by atoms with Crippen LogP contribution in [0.1, 0.15) is 18.2 Å². The normalized spacial score (nSPS) is 10.3. The first-order valence-corrected chi connectivity index (χ1v) is 5.00. The summed E-state index contributed by atoms with van der Waals surface area (Å²) in [5.74, 6) is 0. The van der Waals surface area contributed by atoms with E-state index in [9.17, 15) is 0 Å². The highest BCUT2D eigenvalue weighted by Crippen LogP contribution is 2.26. The van der Waals surface area contributed by atoms with E-state index in [4.69, 9.17) is 5.73 Å². The minimum Gasteiger partial charge on any atom is -0.399 e. The summed E-state index contributed by atoms with van der Waals surface area (Å²) in [5, 5.41) is 1.28. The van der Waals surface area contributed by atoms with Crippen molar-refractivity contribution in [3.63, 3.8) is 0 Å². The van der Waals surface area contributed by atoms with E-state index in [0.29, 0.717) is 0 Å². The van der Waals surface area contributed by atoms with E-state index < -0.39 is 0 Å². The lowest BCUT2D eigenvalue weighted by atomic mass is 10.1. The number of nitrogens with two attached hydrogens (primary N) is 1. The Hall–Kier alpha value is -1.15. The van der Waals surface area contributed by atoms with Crippen LogP contribution in [0.3, 0.4) is 0 Å². The summed E-state index contributed by atoms with van der Waals surface area (Å²) < 4.78 is 2.32.